The van der Waals surface area contributed by atoms with E-state index in [4.69, 9.17) is 21.7 Å². The Bertz CT molecular complexity index is 589. The fourth-order valence-corrected chi connectivity index (χ4v) is 1.82. The summed E-state index contributed by atoms with van der Waals surface area (Å²) in [6.07, 6.45) is 0. The first-order valence-electron chi connectivity index (χ1n) is 5.29. The summed E-state index contributed by atoms with van der Waals surface area (Å²) in [7, 11) is 0. The van der Waals surface area contributed by atoms with Crippen LogP contribution in [0.25, 0.3) is 11.3 Å². The van der Waals surface area contributed by atoms with E-state index in [0.29, 0.717) is 17.9 Å². The first-order chi connectivity index (χ1) is 8.33. The van der Waals surface area contributed by atoms with Crippen LogP contribution in [0.1, 0.15) is 0 Å². The van der Waals surface area contributed by atoms with Gasteiger partial charge in [-0.1, -0.05) is 12.2 Å². The molecule has 1 aromatic heterocycles. The zero-order valence-corrected chi connectivity index (χ0v) is 9.79. The molecule has 5 heteroatoms. The molecule has 0 unspecified atom stereocenters. The molecule has 17 heavy (non-hydrogen) atoms. The Labute approximate surface area is 103 Å². The van der Waals surface area contributed by atoms with E-state index in [2.05, 4.69) is 10.2 Å². The Balaban J connectivity index is 2.03. The Morgan fingerprint density at radius 3 is 2.65 bits per heavy atom. The lowest BCUT2D eigenvalue weighted by Gasteiger charge is -2.18. The second-order valence-electron chi connectivity index (χ2n) is 3.66. The number of rotatable bonds is 1. The second-order valence-corrected chi connectivity index (χ2v) is 4.10. The standard InChI is InChI=1S/C12H10N2O2S/c17-12-4-2-9(13-14-12)8-1-3-10-11(7-8)16-6-5-15-10/h1-4,7H,5-6H2,(H,14,17). The van der Waals surface area contributed by atoms with Gasteiger partial charge in [-0.15, -0.1) is 0 Å². The number of hydrogen-bond donors (Lipinski definition) is 1. The summed E-state index contributed by atoms with van der Waals surface area (Å²) in [6.45, 7) is 1.18. The molecule has 3 rings (SSSR count). The number of benzene rings is 1. The molecule has 0 spiro atoms. The molecule has 4 nitrogen and oxygen atoms in total. The van der Waals surface area contributed by atoms with Gasteiger partial charge in [0.2, 0.25) is 0 Å². The van der Waals surface area contributed by atoms with Crippen molar-refractivity contribution < 1.29 is 9.47 Å². The third-order valence-corrected chi connectivity index (χ3v) is 2.74. The van der Waals surface area contributed by atoms with E-state index in [1.807, 2.05) is 30.3 Å². The minimum absolute atomic E-state index is 0.584. The summed E-state index contributed by atoms with van der Waals surface area (Å²) < 4.78 is 11.6. The largest absolute Gasteiger partial charge is 0.486 e. The summed E-state index contributed by atoms with van der Waals surface area (Å²) in [6, 6.07) is 9.46. The van der Waals surface area contributed by atoms with Gasteiger partial charge >= 0.3 is 0 Å². The molecule has 1 aliphatic heterocycles. The number of ether oxygens (including phenoxy) is 2. The van der Waals surface area contributed by atoms with Crippen molar-refractivity contribution in [1.82, 2.24) is 10.2 Å². The molecule has 1 aromatic carbocycles. The topological polar surface area (TPSA) is 47.1 Å². The Kier molecular flexibility index (Phi) is 2.53. The maximum atomic E-state index is 5.53. The third kappa shape index (κ3) is 2.01. The van der Waals surface area contributed by atoms with Gasteiger partial charge in [0.25, 0.3) is 0 Å². The van der Waals surface area contributed by atoms with Crippen molar-refractivity contribution in [2.24, 2.45) is 0 Å². The van der Waals surface area contributed by atoms with Gasteiger partial charge in [-0.25, -0.2) is 0 Å². The highest BCUT2D eigenvalue weighted by molar-refractivity contribution is 7.71. The summed E-state index contributed by atoms with van der Waals surface area (Å²) >= 11 is 4.96. The lowest BCUT2D eigenvalue weighted by Crippen LogP contribution is -2.15. The first-order valence-corrected chi connectivity index (χ1v) is 5.69. The van der Waals surface area contributed by atoms with Crippen molar-refractivity contribution in [1.29, 1.82) is 0 Å². The molecule has 0 radical (unpaired) electrons. The fourth-order valence-electron chi connectivity index (χ4n) is 1.71. The molecule has 1 N–H and O–H groups in total. The second kappa shape index (κ2) is 4.18. The van der Waals surface area contributed by atoms with Crippen LogP contribution in [0, 0.1) is 4.64 Å². The Morgan fingerprint density at radius 2 is 1.88 bits per heavy atom. The highest BCUT2D eigenvalue weighted by Crippen LogP contribution is 2.33. The van der Waals surface area contributed by atoms with E-state index in [9.17, 15) is 0 Å². The van der Waals surface area contributed by atoms with Crippen molar-refractivity contribution in [3.05, 3.63) is 35.0 Å². The Hall–Kier alpha value is -1.88. The highest BCUT2D eigenvalue weighted by Gasteiger charge is 2.12. The maximum Gasteiger partial charge on any atom is 0.162 e. The lowest BCUT2D eigenvalue weighted by molar-refractivity contribution is 0.171. The van der Waals surface area contributed by atoms with Crippen LogP contribution in [0.4, 0.5) is 0 Å². The van der Waals surface area contributed by atoms with Gasteiger partial charge in [0.1, 0.15) is 17.9 Å². The molecule has 0 amide bonds. The van der Waals surface area contributed by atoms with Gasteiger partial charge in [-0.05, 0) is 30.3 Å². The zero-order chi connectivity index (χ0) is 11.7. The van der Waals surface area contributed by atoms with Gasteiger partial charge in [0.15, 0.2) is 11.5 Å². The van der Waals surface area contributed by atoms with E-state index < -0.39 is 0 Å². The van der Waals surface area contributed by atoms with Gasteiger partial charge in [-0.3, -0.25) is 5.10 Å². The number of aromatic nitrogens is 2. The van der Waals surface area contributed by atoms with Gasteiger partial charge in [-0.2, -0.15) is 5.10 Å². The average molecular weight is 246 g/mol. The van der Waals surface area contributed by atoms with Crippen LogP contribution in [-0.2, 0) is 0 Å². The predicted octanol–water partition coefficient (Wildman–Crippen LogP) is 2.58. The smallest absolute Gasteiger partial charge is 0.162 e. The highest BCUT2D eigenvalue weighted by atomic mass is 32.1. The number of H-pyrrole nitrogens is 1. The van der Waals surface area contributed by atoms with Crippen molar-refractivity contribution in [2.75, 3.05) is 13.2 Å². The number of aromatic amines is 1. The van der Waals surface area contributed by atoms with Gasteiger partial charge in [0, 0.05) is 5.56 Å². The van der Waals surface area contributed by atoms with E-state index in [-0.39, 0.29) is 0 Å². The monoisotopic (exact) mass is 246 g/mol. The van der Waals surface area contributed by atoms with Crippen molar-refractivity contribution in [3.63, 3.8) is 0 Å². The van der Waals surface area contributed by atoms with Crippen LogP contribution >= 0.6 is 12.2 Å². The molecule has 0 bridgehead atoms. The summed E-state index contributed by atoms with van der Waals surface area (Å²) in [5.74, 6) is 1.54. The van der Waals surface area contributed by atoms with Crippen molar-refractivity contribution in [3.8, 4) is 22.8 Å². The van der Waals surface area contributed by atoms with Crippen LogP contribution in [0.15, 0.2) is 30.3 Å². The molecule has 2 aromatic rings. The zero-order valence-electron chi connectivity index (χ0n) is 8.97. The fraction of sp³-hybridized carbons (Fsp3) is 0.167. The van der Waals surface area contributed by atoms with Crippen LogP contribution < -0.4 is 9.47 Å². The number of fused-ring (bicyclic) bond motifs is 1. The molecule has 86 valence electrons. The molecular weight excluding hydrogens is 236 g/mol. The molecule has 0 saturated heterocycles. The van der Waals surface area contributed by atoms with Crippen LogP contribution in [0.2, 0.25) is 0 Å². The van der Waals surface area contributed by atoms with E-state index >= 15 is 0 Å². The van der Waals surface area contributed by atoms with Crippen LogP contribution in [-0.4, -0.2) is 23.4 Å². The van der Waals surface area contributed by atoms with Crippen molar-refractivity contribution in [2.45, 2.75) is 0 Å². The quantitative estimate of drug-likeness (QED) is 0.786. The molecule has 0 aliphatic carbocycles. The molecule has 2 heterocycles. The van der Waals surface area contributed by atoms with Crippen molar-refractivity contribution >= 4 is 12.2 Å². The third-order valence-electron chi connectivity index (χ3n) is 2.52. The summed E-state index contributed by atoms with van der Waals surface area (Å²) in [5.41, 5.74) is 1.80. The van der Waals surface area contributed by atoms with Gasteiger partial charge in [0.05, 0.1) is 5.69 Å². The minimum Gasteiger partial charge on any atom is -0.486 e. The predicted molar refractivity (Wildman–Crippen MR) is 65.8 cm³/mol. The number of hydrogen-bond acceptors (Lipinski definition) is 4. The Morgan fingerprint density at radius 1 is 1.06 bits per heavy atom. The average Bonchev–Trinajstić information content (AvgIpc) is 2.39. The first kappa shape index (κ1) is 10.3. The molecule has 0 fully saturated rings. The maximum absolute atomic E-state index is 5.53. The van der Waals surface area contributed by atoms with Gasteiger partial charge < -0.3 is 9.47 Å². The lowest BCUT2D eigenvalue weighted by atomic mass is 10.1. The van der Waals surface area contributed by atoms with E-state index in [1.54, 1.807) is 0 Å². The normalized spacial score (nSPS) is 13.4. The SMILES string of the molecule is S=c1ccc(-c2ccc3c(c2)OCCO3)n[nH]1. The summed E-state index contributed by atoms with van der Waals surface area (Å²) in [4.78, 5) is 0. The number of nitrogens with zero attached hydrogens (tertiary/aromatic N) is 1. The molecule has 1 aliphatic rings. The van der Waals surface area contributed by atoms with E-state index in [1.165, 1.54) is 0 Å². The minimum atomic E-state index is 0.584. The summed E-state index contributed by atoms with van der Waals surface area (Å²) in [5, 5.41) is 6.94. The molecule has 0 saturated carbocycles. The van der Waals surface area contributed by atoms with Crippen LogP contribution in [0.5, 0.6) is 11.5 Å². The van der Waals surface area contributed by atoms with E-state index in [0.717, 1.165) is 22.8 Å². The van der Waals surface area contributed by atoms with Crippen LogP contribution in [0.3, 0.4) is 0 Å². The molecular formula is C12H10N2O2S. The number of nitrogens with one attached hydrogen (secondary N) is 1. The molecule has 0 atom stereocenters.